The van der Waals surface area contributed by atoms with E-state index in [9.17, 15) is 4.79 Å². The fraction of sp³-hybridized carbons (Fsp3) is 0.500. The molecule has 1 aromatic rings. The van der Waals surface area contributed by atoms with Crippen LogP contribution in [0.15, 0.2) is 18.2 Å². The lowest BCUT2D eigenvalue weighted by atomic mass is 10.2. The molecule has 4 heteroatoms. The lowest BCUT2D eigenvalue weighted by molar-refractivity contribution is -0.116. The van der Waals surface area contributed by atoms with Gasteiger partial charge in [-0.3, -0.25) is 4.79 Å². The number of amides is 1. The Kier molecular flexibility index (Phi) is 6.16. The Balaban J connectivity index is 2.40. The summed E-state index contributed by atoms with van der Waals surface area (Å²) in [5.74, 6) is 0.0109. The summed E-state index contributed by atoms with van der Waals surface area (Å²) >= 11 is 6.05. The minimum Gasteiger partial charge on any atom is -0.325 e. The maximum absolute atomic E-state index is 11.8. The van der Waals surface area contributed by atoms with Crippen LogP contribution in [0.25, 0.3) is 0 Å². The van der Waals surface area contributed by atoms with Gasteiger partial charge in [-0.05, 0) is 31.5 Å². The van der Waals surface area contributed by atoms with Crippen molar-refractivity contribution in [2.75, 3.05) is 11.9 Å². The van der Waals surface area contributed by atoms with Gasteiger partial charge in [0.1, 0.15) is 0 Å². The predicted octanol–water partition coefficient (Wildman–Crippen LogP) is 3.37. The van der Waals surface area contributed by atoms with Gasteiger partial charge in [0.25, 0.3) is 0 Å². The number of hydrogen-bond acceptors (Lipinski definition) is 2. The molecule has 0 aliphatic carbocycles. The largest absolute Gasteiger partial charge is 0.325 e. The van der Waals surface area contributed by atoms with E-state index in [1.54, 1.807) is 6.07 Å². The Morgan fingerprint density at radius 2 is 2.11 bits per heavy atom. The van der Waals surface area contributed by atoms with Crippen LogP contribution in [0, 0.1) is 6.92 Å². The van der Waals surface area contributed by atoms with Crippen molar-refractivity contribution in [1.82, 2.24) is 5.32 Å². The molecule has 18 heavy (non-hydrogen) atoms. The Morgan fingerprint density at radius 1 is 1.39 bits per heavy atom. The third-order valence-electron chi connectivity index (χ3n) is 2.62. The van der Waals surface area contributed by atoms with Gasteiger partial charge in [-0.25, -0.2) is 0 Å². The molecule has 0 saturated heterocycles. The van der Waals surface area contributed by atoms with Gasteiger partial charge in [0, 0.05) is 12.5 Å². The van der Waals surface area contributed by atoms with E-state index in [1.165, 1.54) is 0 Å². The molecule has 0 fully saturated rings. The predicted molar refractivity (Wildman–Crippen MR) is 77.2 cm³/mol. The molecule has 3 nitrogen and oxygen atoms in total. The van der Waals surface area contributed by atoms with Crippen LogP contribution in [0.4, 0.5) is 5.69 Å². The molecule has 100 valence electrons. The quantitative estimate of drug-likeness (QED) is 0.777. The molecule has 0 radical (unpaired) electrons. The number of para-hydroxylation sites is 1. The van der Waals surface area contributed by atoms with Crippen LogP contribution in [0.5, 0.6) is 0 Å². The maximum Gasteiger partial charge on any atom is 0.224 e. The number of carbonyl (C=O) groups excluding carboxylic acids is 1. The first-order valence-electron chi connectivity index (χ1n) is 6.29. The highest BCUT2D eigenvalue weighted by atomic mass is 35.5. The highest BCUT2D eigenvalue weighted by Gasteiger charge is 2.07. The molecular weight excluding hydrogens is 248 g/mol. The summed E-state index contributed by atoms with van der Waals surface area (Å²) in [7, 11) is 0. The Labute approximate surface area is 114 Å². The minimum atomic E-state index is 0.0109. The second-order valence-corrected chi connectivity index (χ2v) is 5.10. The number of benzene rings is 1. The van der Waals surface area contributed by atoms with Crippen LogP contribution in [-0.4, -0.2) is 18.5 Å². The van der Waals surface area contributed by atoms with Crippen LogP contribution in [0.3, 0.4) is 0 Å². The molecular formula is C14H21ClN2O. The monoisotopic (exact) mass is 268 g/mol. The van der Waals surface area contributed by atoms with E-state index >= 15 is 0 Å². The van der Waals surface area contributed by atoms with Crippen LogP contribution in [-0.2, 0) is 4.79 Å². The van der Waals surface area contributed by atoms with Crippen molar-refractivity contribution in [3.8, 4) is 0 Å². The number of anilines is 1. The summed E-state index contributed by atoms with van der Waals surface area (Å²) in [5.41, 5.74) is 1.71. The molecule has 2 N–H and O–H groups in total. The molecule has 0 aromatic heterocycles. The Hall–Kier alpha value is -1.06. The van der Waals surface area contributed by atoms with Crippen molar-refractivity contribution in [1.29, 1.82) is 0 Å². The summed E-state index contributed by atoms with van der Waals surface area (Å²) in [6.07, 6.45) is 1.33. The second kappa shape index (κ2) is 7.39. The molecule has 0 atom stereocenters. The first-order chi connectivity index (χ1) is 8.50. The van der Waals surface area contributed by atoms with Crippen molar-refractivity contribution >= 4 is 23.2 Å². The normalized spacial score (nSPS) is 10.7. The third-order valence-corrected chi connectivity index (χ3v) is 2.93. The maximum atomic E-state index is 11.8. The molecule has 0 bridgehead atoms. The number of hydrogen-bond donors (Lipinski definition) is 2. The van der Waals surface area contributed by atoms with Crippen LogP contribution in [0.1, 0.15) is 32.3 Å². The number of rotatable bonds is 6. The number of nitrogens with one attached hydrogen (secondary N) is 2. The molecule has 0 aliphatic rings. The van der Waals surface area contributed by atoms with Gasteiger partial charge in [0.05, 0.1) is 10.7 Å². The summed E-state index contributed by atoms with van der Waals surface area (Å²) in [6, 6.07) is 6.05. The standard InChI is InChI=1S/C14H21ClN2O/c1-10(2)16-9-5-8-13(18)17-14-11(3)6-4-7-12(14)15/h4,6-7,10,16H,5,8-9H2,1-3H3,(H,17,18). The van der Waals surface area contributed by atoms with Gasteiger partial charge in [-0.2, -0.15) is 0 Å². The van der Waals surface area contributed by atoms with E-state index < -0.39 is 0 Å². The fourth-order valence-electron chi connectivity index (χ4n) is 1.63. The SMILES string of the molecule is Cc1cccc(Cl)c1NC(=O)CCCNC(C)C. The molecule has 1 amide bonds. The molecule has 0 heterocycles. The Morgan fingerprint density at radius 3 is 2.72 bits per heavy atom. The average Bonchev–Trinajstić information content (AvgIpc) is 2.29. The van der Waals surface area contributed by atoms with E-state index in [1.807, 2.05) is 19.1 Å². The van der Waals surface area contributed by atoms with Crippen molar-refractivity contribution in [3.05, 3.63) is 28.8 Å². The van der Waals surface area contributed by atoms with Crippen molar-refractivity contribution in [2.24, 2.45) is 0 Å². The number of aryl methyl sites for hydroxylation is 1. The zero-order valence-corrected chi connectivity index (χ0v) is 12.0. The Bertz CT molecular complexity index is 385. The van der Waals surface area contributed by atoms with Crippen LogP contribution >= 0.6 is 11.6 Å². The van der Waals surface area contributed by atoms with Crippen molar-refractivity contribution in [3.63, 3.8) is 0 Å². The topological polar surface area (TPSA) is 41.1 Å². The van der Waals surface area contributed by atoms with E-state index in [2.05, 4.69) is 24.5 Å². The number of halogens is 1. The molecule has 1 rings (SSSR count). The van der Waals surface area contributed by atoms with Gasteiger partial charge in [0.2, 0.25) is 5.91 Å². The molecule has 0 saturated carbocycles. The van der Waals surface area contributed by atoms with Crippen molar-refractivity contribution in [2.45, 2.75) is 39.7 Å². The van der Waals surface area contributed by atoms with Gasteiger partial charge < -0.3 is 10.6 Å². The summed E-state index contributed by atoms with van der Waals surface area (Å²) < 4.78 is 0. The summed E-state index contributed by atoms with van der Waals surface area (Å²) in [4.78, 5) is 11.8. The van der Waals surface area contributed by atoms with Gasteiger partial charge in [-0.1, -0.05) is 37.6 Å². The van der Waals surface area contributed by atoms with E-state index in [-0.39, 0.29) is 5.91 Å². The molecule has 0 unspecified atom stereocenters. The first-order valence-corrected chi connectivity index (χ1v) is 6.67. The summed E-state index contributed by atoms with van der Waals surface area (Å²) in [5, 5.41) is 6.74. The lowest BCUT2D eigenvalue weighted by Gasteiger charge is -2.11. The zero-order chi connectivity index (χ0) is 13.5. The molecule has 0 aliphatic heterocycles. The van der Waals surface area contributed by atoms with Gasteiger partial charge in [0.15, 0.2) is 0 Å². The fourth-order valence-corrected chi connectivity index (χ4v) is 1.90. The highest BCUT2D eigenvalue weighted by Crippen LogP contribution is 2.25. The average molecular weight is 269 g/mol. The zero-order valence-electron chi connectivity index (χ0n) is 11.2. The van der Waals surface area contributed by atoms with E-state index in [4.69, 9.17) is 11.6 Å². The second-order valence-electron chi connectivity index (χ2n) is 4.69. The smallest absolute Gasteiger partial charge is 0.224 e. The third kappa shape index (κ3) is 5.07. The number of carbonyl (C=O) groups is 1. The summed E-state index contributed by atoms with van der Waals surface area (Å²) in [6.45, 7) is 6.97. The first kappa shape index (κ1) is 15.0. The minimum absolute atomic E-state index is 0.0109. The van der Waals surface area contributed by atoms with E-state index in [0.717, 1.165) is 24.2 Å². The van der Waals surface area contributed by atoms with E-state index in [0.29, 0.717) is 17.5 Å². The van der Waals surface area contributed by atoms with Gasteiger partial charge in [-0.15, -0.1) is 0 Å². The highest BCUT2D eigenvalue weighted by molar-refractivity contribution is 6.33. The lowest BCUT2D eigenvalue weighted by Crippen LogP contribution is -2.24. The van der Waals surface area contributed by atoms with Crippen molar-refractivity contribution < 1.29 is 4.79 Å². The molecule has 0 spiro atoms. The van der Waals surface area contributed by atoms with Crippen LogP contribution in [0.2, 0.25) is 5.02 Å². The molecule has 1 aromatic carbocycles. The van der Waals surface area contributed by atoms with Gasteiger partial charge >= 0.3 is 0 Å². The van der Waals surface area contributed by atoms with Crippen LogP contribution < -0.4 is 10.6 Å².